The minimum Gasteiger partial charge on any atom is -0.0628 e. The van der Waals surface area contributed by atoms with Crippen LogP contribution in [0.3, 0.4) is 0 Å². The molecule has 0 aliphatic heterocycles. The molecule has 0 aliphatic rings. The average molecular weight is 127 g/mol. The minimum absolute atomic E-state index is 0.407. The van der Waals surface area contributed by atoms with E-state index < -0.39 is 0 Å². The van der Waals surface area contributed by atoms with Crippen molar-refractivity contribution in [1.82, 2.24) is 0 Å². The monoisotopic (exact) mass is 127 g/mol. The Labute approximate surface area is 59.7 Å². The summed E-state index contributed by atoms with van der Waals surface area (Å²) in [4.78, 5) is 0. The summed E-state index contributed by atoms with van der Waals surface area (Å²) in [7, 11) is 0. The highest BCUT2D eigenvalue weighted by Crippen LogP contribution is 2.21. The molecular formula is C9H19. The summed E-state index contributed by atoms with van der Waals surface area (Å²) in [6.45, 7) is 11.2. The molecular weight excluding hydrogens is 108 g/mol. The highest BCUT2D eigenvalue weighted by molar-refractivity contribution is 4.80. The molecule has 0 heterocycles. The standard InChI is InChI=1S/C9H19/c1-8(2)6-7-9(3,4)5/h7-8H,6H2,1-5H3. The van der Waals surface area contributed by atoms with Gasteiger partial charge in [-0.25, -0.2) is 0 Å². The van der Waals surface area contributed by atoms with Crippen LogP contribution < -0.4 is 0 Å². The quantitative estimate of drug-likeness (QED) is 0.534. The van der Waals surface area contributed by atoms with Crippen molar-refractivity contribution < 1.29 is 0 Å². The molecule has 0 bridgehead atoms. The lowest BCUT2D eigenvalue weighted by molar-refractivity contribution is 0.444. The first kappa shape index (κ1) is 9.00. The predicted octanol–water partition coefficient (Wildman–Crippen LogP) is 3.28. The van der Waals surface area contributed by atoms with Crippen LogP contribution in [0.2, 0.25) is 0 Å². The van der Waals surface area contributed by atoms with Crippen LogP contribution in [0.5, 0.6) is 0 Å². The van der Waals surface area contributed by atoms with E-state index in [-0.39, 0.29) is 0 Å². The van der Waals surface area contributed by atoms with E-state index in [1.165, 1.54) is 6.42 Å². The molecule has 1 radical (unpaired) electrons. The molecule has 0 aliphatic carbocycles. The topological polar surface area (TPSA) is 0 Å². The van der Waals surface area contributed by atoms with Gasteiger partial charge in [0.25, 0.3) is 0 Å². The molecule has 0 aromatic carbocycles. The van der Waals surface area contributed by atoms with Gasteiger partial charge >= 0.3 is 0 Å². The van der Waals surface area contributed by atoms with Crippen molar-refractivity contribution in [3.05, 3.63) is 6.42 Å². The van der Waals surface area contributed by atoms with Crippen molar-refractivity contribution >= 4 is 0 Å². The summed E-state index contributed by atoms with van der Waals surface area (Å²) in [6.07, 6.45) is 3.63. The second kappa shape index (κ2) is 3.24. The van der Waals surface area contributed by atoms with Crippen LogP contribution in [-0.4, -0.2) is 0 Å². The lowest BCUT2D eigenvalue weighted by Crippen LogP contribution is -2.07. The molecule has 0 N–H and O–H groups in total. The molecule has 0 nitrogen and oxygen atoms in total. The Kier molecular flexibility index (Phi) is 3.24. The summed E-state index contributed by atoms with van der Waals surface area (Å²) in [5.74, 6) is 0.809. The largest absolute Gasteiger partial charge is 0.0628 e. The molecule has 0 fully saturated rings. The zero-order valence-electron chi connectivity index (χ0n) is 7.36. The van der Waals surface area contributed by atoms with Crippen molar-refractivity contribution in [3.8, 4) is 0 Å². The van der Waals surface area contributed by atoms with Gasteiger partial charge in [-0.1, -0.05) is 34.6 Å². The van der Waals surface area contributed by atoms with Crippen LogP contribution >= 0.6 is 0 Å². The van der Waals surface area contributed by atoms with Crippen LogP contribution in [0.1, 0.15) is 41.0 Å². The molecule has 9 heavy (non-hydrogen) atoms. The van der Waals surface area contributed by atoms with E-state index in [1.807, 2.05) is 0 Å². The lowest BCUT2D eigenvalue weighted by Gasteiger charge is -2.18. The van der Waals surface area contributed by atoms with E-state index in [2.05, 4.69) is 41.0 Å². The van der Waals surface area contributed by atoms with Crippen molar-refractivity contribution in [1.29, 1.82) is 0 Å². The fourth-order valence-corrected chi connectivity index (χ4v) is 0.589. The smallest absolute Gasteiger partial charge is 0.0329 e. The van der Waals surface area contributed by atoms with Crippen LogP contribution in [-0.2, 0) is 0 Å². The van der Waals surface area contributed by atoms with Gasteiger partial charge in [0, 0.05) is 0 Å². The van der Waals surface area contributed by atoms with Gasteiger partial charge in [0.15, 0.2) is 0 Å². The second-order valence-electron chi connectivity index (χ2n) is 4.20. The SMILES string of the molecule is CC(C)C[CH]C(C)(C)C. The van der Waals surface area contributed by atoms with E-state index in [9.17, 15) is 0 Å². The first-order chi connectivity index (χ1) is 3.92. The van der Waals surface area contributed by atoms with Crippen molar-refractivity contribution in [3.63, 3.8) is 0 Å². The van der Waals surface area contributed by atoms with Gasteiger partial charge in [-0.2, -0.15) is 0 Å². The van der Waals surface area contributed by atoms with Gasteiger partial charge in [0.2, 0.25) is 0 Å². The molecule has 0 aromatic heterocycles. The molecule has 0 atom stereocenters. The molecule has 0 spiro atoms. The van der Waals surface area contributed by atoms with Gasteiger partial charge in [-0.05, 0) is 24.2 Å². The van der Waals surface area contributed by atoms with Crippen molar-refractivity contribution in [2.75, 3.05) is 0 Å². The van der Waals surface area contributed by atoms with E-state index in [0.29, 0.717) is 5.41 Å². The highest BCUT2D eigenvalue weighted by atomic mass is 14.2. The van der Waals surface area contributed by atoms with E-state index in [4.69, 9.17) is 0 Å². The third-order valence-corrected chi connectivity index (χ3v) is 1.20. The Morgan fingerprint density at radius 1 is 1.22 bits per heavy atom. The Morgan fingerprint density at radius 2 is 1.67 bits per heavy atom. The Morgan fingerprint density at radius 3 is 1.78 bits per heavy atom. The normalized spacial score (nSPS) is 12.7. The Bertz CT molecular complexity index is 64.6. The zero-order valence-corrected chi connectivity index (χ0v) is 7.36. The first-order valence-electron chi connectivity index (χ1n) is 3.76. The molecule has 0 rings (SSSR count). The molecule has 0 heteroatoms. The van der Waals surface area contributed by atoms with Gasteiger partial charge in [0.05, 0.1) is 0 Å². The Hall–Kier alpha value is 0. The average Bonchev–Trinajstić information content (AvgIpc) is 1.59. The Balaban J connectivity index is 3.28. The van der Waals surface area contributed by atoms with E-state index in [0.717, 1.165) is 5.92 Å². The zero-order chi connectivity index (χ0) is 7.49. The lowest BCUT2D eigenvalue weighted by atomic mass is 9.88. The molecule has 0 saturated heterocycles. The number of rotatable bonds is 2. The van der Waals surface area contributed by atoms with E-state index >= 15 is 0 Å². The number of hydrogen-bond acceptors (Lipinski definition) is 0. The summed E-state index contributed by atoms with van der Waals surface area (Å²) >= 11 is 0. The maximum atomic E-state index is 2.39. The predicted molar refractivity (Wildman–Crippen MR) is 43.2 cm³/mol. The van der Waals surface area contributed by atoms with Crippen LogP contribution in [0.25, 0.3) is 0 Å². The fraction of sp³-hybridized carbons (Fsp3) is 0.889. The molecule has 55 valence electrons. The minimum atomic E-state index is 0.407. The van der Waals surface area contributed by atoms with Crippen LogP contribution in [0.4, 0.5) is 0 Å². The highest BCUT2D eigenvalue weighted by Gasteiger charge is 2.10. The van der Waals surface area contributed by atoms with Gasteiger partial charge in [0.1, 0.15) is 0 Å². The summed E-state index contributed by atoms with van der Waals surface area (Å²) in [6, 6.07) is 0. The fourth-order valence-electron chi connectivity index (χ4n) is 0.589. The van der Waals surface area contributed by atoms with Crippen molar-refractivity contribution in [2.24, 2.45) is 11.3 Å². The molecule has 0 amide bonds. The van der Waals surface area contributed by atoms with Gasteiger partial charge < -0.3 is 0 Å². The van der Waals surface area contributed by atoms with Gasteiger partial charge in [-0.3, -0.25) is 0 Å². The van der Waals surface area contributed by atoms with Crippen LogP contribution in [0.15, 0.2) is 0 Å². The van der Waals surface area contributed by atoms with Crippen molar-refractivity contribution in [2.45, 2.75) is 41.0 Å². The third-order valence-electron chi connectivity index (χ3n) is 1.20. The molecule has 0 saturated carbocycles. The summed E-state index contributed by atoms with van der Waals surface area (Å²) < 4.78 is 0. The van der Waals surface area contributed by atoms with E-state index in [1.54, 1.807) is 0 Å². The van der Waals surface area contributed by atoms with Gasteiger partial charge in [-0.15, -0.1) is 0 Å². The summed E-state index contributed by atoms with van der Waals surface area (Å²) in [5.41, 5.74) is 0.407. The second-order valence-corrected chi connectivity index (χ2v) is 4.20. The molecule has 0 aromatic rings. The maximum absolute atomic E-state index is 2.39. The third kappa shape index (κ3) is 8.00. The summed E-state index contributed by atoms with van der Waals surface area (Å²) in [5, 5.41) is 0. The van der Waals surface area contributed by atoms with Crippen LogP contribution in [0, 0.1) is 17.8 Å². The maximum Gasteiger partial charge on any atom is -0.0329 e. The first-order valence-corrected chi connectivity index (χ1v) is 3.76. The number of hydrogen-bond donors (Lipinski definition) is 0. The molecule has 0 unspecified atom stereocenters.